The maximum atomic E-state index is 11.6. The number of fused-ring (bicyclic) bond motifs is 1. The summed E-state index contributed by atoms with van der Waals surface area (Å²) in [4.78, 5) is 11.6. The fraction of sp³-hybridized carbons (Fsp3) is 0.533. The third-order valence-corrected chi connectivity index (χ3v) is 3.68. The van der Waals surface area contributed by atoms with Gasteiger partial charge in [-0.3, -0.25) is 0 Å². The summed E-state index contributed by atoms with van der Waals surface area (Å²) >= 11 is 0. The Bertz CT molecular complexity index is 431. The minimum absolute atomic E-state index is 0.347. The Kier molecular flexibility index (Phi) is 3.71. The van der Waals surface area contributed by atoms with Crippen molar-refractivity contribution >= 4 is 5.97 Å². The zero-order valence-electron chi connectivity index (χ0n) is 11.0. The Balaban J connectivity index is 2.35. The van der Waals surface area contributed by atoms with Crippen molar-refractivity contribution in [3.8, 4) is 0 Å². The van der Waals surface area contributed by atoms with Crippen molar-refractivity contribution in [3.05, 3.63) is 35.5 Å². The largest absolute Gasteiger partial charge is 0.454 e. The molecule has 3 nitrogen and oxygen atoms in total. The van der Waals surface area contributed by atoms with Gasteiger partial charge in [-0.25, -0.2) is 4.79 Å². The van der Waals surface area contributed by atoms with Crippen molar-refractivity contribution in [2.24, 2.45) is 5.92 Å². The predicted octanol–water partition coefficient (Wildman–Crippen LogP) is 2.52. The number of carbonyl (C=O) groups excluding carboxylic acids is 1. The van der Waals surface area contributed by atoms with Crippen LogP contribution in [0.25, 0.3) is 0 Å². The van der Waals surface area contributed by atoms with Gasteiger partial charge in [0, 0.05) is 5.57 Å². The Morgan fingerprint density at radius 3 is 2.56 bits per heavy atom. The molecule has 3 atom stereocenters. The third-order valence-electron chi connectivity index (χ3n) is 3.68. The molecular weight excluding hydrogens is 228 g/mol. The molecule has 0 aromatic heterocycles. The highest BCUT2D eigenvalue weighted by atomic mass is 16.6. The number of ether oxygens (including phenoxy) is 1. The number of carbonyl (C=O) groups is 1. The molecule has 0 aromatic carbocycles. The van der Waals surface area contributed by atoms with Crippen molar-refractivity contribution in [3.63, 3.8) is 0 Å². The van der Waals surface area contributed by atoms with Gasteiger partial charge in [-0.15, -0.1) is 0 Å². The van der Waals surface area contributed by atoms with Gasteiger partial charge in [-0.05, 0) is 39.2 Å². The van der Waals surface area contributed by atoms with E-state index in [1.807, 2.05) is 26.0 Å². The van der Waals surface area contributed by atoms with E-state index in [4.69, 9.17) is 4.74 Å². The van der Waals surface area contributed by atoms with Gasteiger partial charge in [0.15, 0.2) is 0 Å². The average Bonchev–Trinajstić information content (AvgIpc) is 2.53. The van der Waals surface area contributed by atoms with Crippen molar-refractivity contribution in [1.82, 2.24) is 0 Å². The van der Waals surface area contributed by atoms with E-state index < -0.39 is 12.1 Å². The molecule has 1 N–H and O–H groups in total. The Hall–Kier alpha value is -1.35. The van der Waals surface area contributed by atoms with Gasteiger partial charge in [0.2, 0.25) is 0 Å². The zero-order valence-corrected chi connectivity index (χ0v) is 11.0. The van der Waals surface area contributed by atoms with Crippen LogP contribution in [-0.4, -0.2) is 23.3 Å². The molecule has 0 bridgehead atoms. The molecule has 2 rings (SSSR count). The van der Waals surface area contributed by atoms with E-state index in [0.717, 1.165) is 24.8 Å². The molecule has 0 spiro atoms. The number of aliphatic hydroxyl groups is 1. The molecule has 0 amide bonds. The maximum Gasteiger partial charge on any atom is 0.334 e. The van der Waals surface area contributed by atoms with E-state index >= 15 is 0 Å². The first-order valence-electron chi connectivity index (χ1n) is 6.41. The number of hydrogen-bond acceptors (Lipinski definition) is 3. The molecule has 1 heterocycles. The molecule has 1 aliphatic carbocycles. The van der Waals surface area contributed by atoms with Gasteiger partial charge < -0.3 is 9.84 Å². The highest BCUT2D eigenvalue weighted by Crippen LogP contribution is 2.33. The first kappa shape index (κ1) is 13.1. The molecular formula is C15H20O3. The first-order chi connectivity index (χ1) is 8.49. The zero-order chi connectivity index (χ0) is 13.3. The van der Waals surface area contributed by atoms with E-state index in [1.54, 1.807) is 0 Å². The molecule has 2 aliphatic rings. The van der Waals surface area contributed by atoms with Gasteiger partial charge in [0.1, 0.15) is 6.10 Å². The Morgan fingerprint density at radius 2 is 1.89 bits per heavy atom. The molecule has 1 aliphatic heterocycles. The van der Waals surface area contributed by atoms with E-state index in [0.29, 0.717) is 5.57 Å². The van der Waals surface area contributed by atoms with Gasteiger partial charge in [0.05, 0.1) is 12.0 Å². The fourth-order valence-electron chi connectivity index (χ4n) is 2.63. The van der Waals surface area contributed by atoms with Gasteiger partial charge in [0.25, 0.3) is 0 Å². The first-order valence-corrected chi connectivity index (χ1v) is 6.41. The smallest absolute Gasteiger partial charge is 0.334 e. The molecule has 18 heavy (non-hydrogen) atoms. The van der Waals surface area contributed by atoms with E-state index in [1.165, 1.54) is 5.57 Å². The summed E-state index contributed by atoms with van der Waals surface area (Å²) in [7, 11) is 0. The van der Waals surface area contributed by atoms with Gasteiger partial charge >= 0.3 is 5.97 Å². The summed E-state index contributed by atoms with van der Waals surface area (Å²) in [6.45, 7) is 7.81. The Labute approximate surface area is 108 Å². The van der Waals surface area contributed by atoms with Crippen LogP contribution in [-0.2, 0) is 9.53 Å². The normalized spacial score (nSPS) is 39.2. The summed E-state index contributed by atoms with van der Waals surface area (Å²) in [6, 6.07) is 0. The molecule has 1 fully saturated rings. The van der Waals surface area contributed by atoms with Crippen LogP contribution in [0.3, 0.4) is 0 Å². The fourth-order valence-corrected chi connectivity index (χ4v) is 2.63. The number of hydrogen-bond donors (Lipinski definition) is 1. The second-order valence-electron chi connectivity index (χ2n) is 5.29. The second kappa shape index (κ2) is 5.11. The van der Waals surface area contributed by atoms with Crippen LogP contribution in [0.1, 0.15) is 33.1 Å². The number of rotatable bonds is 0. The minimum atomic E-state index is -0.698. The molecule has 0 saturated carbocycles. The van der Waals surface area contributed by atoms with Crippen LogP contribution >= 0.6 is 0 Å². The number of allylic oxidation sites excluding steroid dienone is 2. The lowest BCUT2D eigenvalue weighted by atomic mass is 9.87. The predicted molar refractivity (Wildman–Crippen MR) is 69.9 cm³/mol. The van der Waals surface area contributed by atoms with E-state index in [-0.39, 0.29) is 12.0 Å². The van der Waals surface area contributed by atoms with E-state index in [2.05, 4.69) is 6.58 Å². The van der Waals surface area contributed by atoms with Crippen molar-refractivity contribution in [2.45, 2.75) is 45.3 Å². The minimum Gasteiger partial charge on any atom is -0.454 e. The second-order valence-corrected chi connectivity index (χ2v) is 5.29. The van der Waals surface area contributed by atoms with Crippen molar-refractivity contribution in [2.75, 3.05) is 0 Å². The quantitative estimate of drug-likeness (QED) is 0.407. The van der Waals surface area contributed by atoms with Crippen molar-refractivity contribution < 1.29 is 14.6 Å². The lowest BCUT2D eigenvalue weighted by Crippen LogP contribution is -2.27. The monoisotopic (exact) mass is 248 g/mol. The van der Waals surface area contributed by atoms with Gasteiger partial charge in [-0.2, -0.15) is 0 Å². The highest BCUT2D eigenvalue weighted by Gasteiger charge is 2.41. The van der Waals surface area contributed by atoms with Crippen molar-refractivity contribution in [1.29, 1.82) is 0 Å². The lowest BCUT2D eigenvalue weighted by molar-refractivity contribution is -0.137. The molecule has 1 saturated heterocycles. The standard InChI is InChI=1S/C15H20O3/c1-9-5-4-6-10(2)8-13-14(12(16)7-9)11(3)15(17)18-13/h7-8,12-14,16H,3-6H2,1-2H3/b9-7+,10-8+/t12-,13+,14+/m1/s1. The number of esters is 1. The summed E-state index contributed by atoms with van der Waals surface area (Å²) in [6.07, 6.45) is 5.75. The Morgan fingerprint density at radius 1 is 1.28 bits per heavy atom. The third kappa shape index (κ3) is 2.56. The summed E-state index contributed by atoms with van der Waals surface area (Å²) < 4.78 is 5.28. The van der Waals surface area contributed by atoms with Crippen LogP contribution in [0.2, 0.25) is 0 Å². The highest BCUT2D eigenvalue weighted by molar-refractivity contribution is 5.91. The average molecular weight is 248 g/mol. The lowest BCUT2D eigenvalue weighted by Gasteiger charge is -2.21. The van der Waals surface area contributed by atoms with Crippen LogP contribution in [0, 0.1) is 5.92 Å². The summed E-state index contributed by atoms with van der Waals surface area (Å²) in [5.74, 6) is -0.737. The maximum absolute atomic E-state index is 11.6. The summed E-state index contributed by atoms with van der Waals surface area (Å²) in [5.41, 5.74) is 2.73. The molecule has 0 aromatic rings. The summed E-state index contributed by atoms with van der Waals surface area (Å²) in [5, 5.41) is 10.2. The topological polar surface area (TPSA) is 46.5 Å². The molecule has 98 valence electrons. The number of aliphatic hydroxyl groups excluding tert-OH is 1. The van der Waals surface area contributed by atoms with Crippen LogP contribution in [0.4, 0.5) is 0 Å². The van der Waals surface area contributed by atoms with Crippen LogP contribution < -0.4 is 0 Å². The molecule has 0 unspecified atom stereocenters. The SMILES string of the molecule is C=C1C(=O)O[C@H]2/C=C(\C)CCC/C(C)=C/[C@@H](O)[C@H]12. The molecule has 3 heteroatoms. The van der Waals surface area contributed by atoms with Crippen LogP contribution in [0.15, 0.2) is 35.5 Å². The van der Waals surface area contributed by atoms with E-state index in [9.17, 15) is 9.90 Å². The van der Waals surface area contributed by atoms with Gasteiger partial charge in [-0.1, -0.05) is 23.8 Å². The molecule has 0 radical (unpaired) electrons. The van der Waals surface area contributed by atoms with Crippen LogP contribution in [0.5, 0.6) is 0 Å².